The number of amides is 1. The number of hydrogen-bond acceptors (Lipinski definition) is 5. The van der Waals surface area contributed by atoms with Gasteiger partial charge in [-0.3, -0.25) is 9.69 Å². The van der Waals surface area contributed by atoms with E-state index in [0.717, 1.165) is 36.5 Å². The maximum absolute atomic E-state index is 13.5. The monoisotopic (exact) mass is 473 g/mol. The molecule has 4 aromatic rings. The number of rotatable bonds is 6. The zero-order chi connectivity index (χ0) is 24.4. The molecule has 1 fully saturated rings. The summed E-state index contributed by atoms with van der Waals surface area (Å²) in [7, 11) is 1.60. The van der Waals surface area contributed by atoms with Crippen molar-refractivity contribution in [3.63, 3.8) is 0 Å². The van der Waals surface area contributed by atoms with E-state index in [0.29, 0.717) is 30.0 Å². The van der Waals surface area contributed by atoms with Gasteiger partial charge in [0.05, 0.1) is 29.1 Å². The van der Waals surface area contributed by atoms with Crippen molar-refractivity contribution in [2.45, 2.75) is 20.1 Å². The van der Waals surface area contributed by atoms with Gasteiger partial charge >= 0.3 is 0 Å². The second-order valence-electron chi connectivity index (χ2n) is 8.81. The van der Waals surface area contributed by atoms with E-state index < -0.39 is 0 Å². The number of carbonyl (C=O) groups is 1. The summed E-state index contributed by atoms with van der Waals surface area (Å²) in [5, 5.41) is 4.70. The molecule has 35 heavy (non-hydrogen) atoms. The predicted molar refractivity (Wildman–Crippen MR) is 131 cm³/mol. The minimum Gasteiger partial charge on any atom is -0.378 e. The van der Waals surface area contributed by atoms with Gasteiger partial charge < -0.3 is 9.64 Å². The van der Waals surface area contributed by atoms with Gasteiger partial charge in [-0.05, 0) is 30.2 Å². The number of halogens is 1. The number of aryl methyl sites for hydroxylation is 1. The van der Waals surface area contributed by atoms with Gasteiger partial charge in [0.1, 0.15) is 5.82 Å². The Kier molecular flexibility index (Phi) is 6.57. The van der Waals surface area contributed by atoms with Crippen molar-refractivity contribution in [3.8, 4) is 11.1 Å². The molecular weight excluding hydrogens is 445 g/mol. The molecule has 0 spiro atoms. The first-order chi connectivity index (χ1) is 17.0. The Bertz CT molecular complexity index is 1330. The van der Waals surface area contributed by atoms with E-state index in [4.69, 9.17) is 9.84 Å². The molecule has 5 rings (SSSR count). The molecule has 0 unspecified atom stereocenters. The molecule has 0 radical (unpaired) electrons. The number of ether oxygens (including phenoxy) is 1. The van der Waals surface area contributed by atoms with E-state index in [1.54, 1.807) is 30.0 Å². The van der Waals surface area contributed by atoms with Crippen LogP contribution in [0.25, 0.3) is 16.8 Å². The lowest BCUT2D eigenvalue weighted by atomic mass is 10.1. The first-order valence-corrected chi connectivity index (χ1v) is 11.7. The molecule has 0 saturated carbocycles. The minimum atomic E-state index is -0.306. The molecule has 180 valence electrons. The van der Waals surface area contributed by atoms with Crippen LogP contribution in [0, 0.1) is 12.7 Å². The van der Waals surface area contributed by atoms with Gasteiger partial charge in [0.25, 0.3) is 5.91 Å². The normalized spacial score (nSPS) is 14.5. The van der Waals surface area contributed by atoms with Gasteiger partial charge in [-0.25, -0.2) is 13.9 Å². The largest absolute Gasteiger partial charge is 0.378 e. The van der Waals surface area contributed by atoms with Gasteiger partial charge in [-0.15, -0.1) is 0 Å². The van der Waals surface area contributed by atoms with Gasteiger partial charge in [0.2, 0.25) is 0 Å². The second-order valence-corrected chi connectivity index (χ2v) is 8.81. The Balaban J connectivity index is 1.38. The molecule has 2 aromatic carbocycles. The first kappa shape index (κ1) is 23.1. The van der Waals surface area contributed by atoms with Gasteiger partial charge in [-0.1, -0.05) is 42.5 Å². The molecule has 1 amide bonds. The van der Waals surface area contributed by atoms with Gasteiger partial charge in [0.15, 0.2) is 5.65 Å². The second kappa shape index (κ2) is 9.93. The van der Waals surface area contributed by atoms with E-state index in [1.165, 1.54) is 17.7 Å². The number of fused-ring (bicyclic) bond motifs is 1. The van der Waals surface area contributed by atoms with E-state index in [2.05, 4.69) is 34.1 Å². The van der Waals surface area contributed by atoms with E-state index in [-0.39, 0.29) is 18.3 Å². The maximum Gasteiger partial charge on any atom is 0.257 e. The number of hydrogen-bond donors (Lipinski definition) is 0. The molecule has 0 atom stereocenters. The summed E-state index contributed by atoms with van der Waals surface area (Å²) in [6.45, 7) is 6.02. The lowest BCUT2D eigenvalue weighted by molar-refractivity contribution is 0.0626. The minimum absolute atomic E-state index is 0.0385. The summed E-state index contributed by atoms with van der Waals surface area (Å²) in [5.74, 6) is -0.345. The van der Waals surface area contributed by atoms with Crippen LogP contribution in [0.1, 0.15) is 27.3 Å². The molecule has 1 aliphatic heterocycles. The number of piperazine rings is 1. The fraction of sp³-hybridized carbons (Fsp3) is 0.296. The van der Waals surface area contributed by atoms with Crippen LogP contribution in [0.3, 0.4) is 0 Å². The fourth-order valence-corrected chi connectivity index (χ4v) is 4.62. The third-order valence-corrected chi connectivity index (χ3v) is 6.51. The Morgan fingerprint density at radius 1 is 1.03 bits per heavy atom. The molecule has 8 heteroatoms. The van der Waals surface area contributed by atoms with E-state index in [1.807, 2.05) is 17.9 Å². The zero-order valence-corrected chi connectivity index (χ0v) is 19.9. The fourth-order valence-electron chi connectivity index (χ4n) is 4.62. The standard InChI is InChI=1S/C27H28FN5O2/c1-19-23(27(34)32-14-12-31(13-15-32)17-20-6-4-3-5-7-20)16-29-26-25(21-8-10-22(28)11-9-21)24(18-35-2)30-33(19)26/h3-11,16H,12-15,17-18H2,1-2H3. The van der Waals surface area contributed by atoms with Crippen LogP contribution in [0.4, 0.5) is 4.39 Å². The van der Waals surface area contributed by atoms with Crippen LogP contribution >= 0.6 is 0 Å². The van der Waals surface area contributed by atoms with Crippen molar-refractivity contribution < 1.29 is 13.9 Å². The highest BCUT2D eigenvalue weighted by Gasteiger charge is 2.26. The number of nitrogens with zero attached hydrogens (tertiary/aromatic N) is 5. The van der Waals surface area contributed by atoms with Gasteiger partial charge in [0, 0.05) is 46.0 Å². The topological polar surface area (TPSA) is 63.0 Å². The van der Waals surface area contributed by atoms with E-state index in [9.17, 15) is 9.18 Å². The summed E-state index contributed by atoms with van der Waals surface area (Å²) >= 11 is 0. The lowest BCUT2D eigenvalue weighted by Crippen LogP contribution is -2.48. The Morgan fingerprint density at radius 2 is 1.74 bits per heavy atom. The molecule has 2 aromatic heterocycles. The molecule has 0 N–H and O–H groups in total. The summed E-state index contributed by atoms with van der Waals surface area (Å²) in [5.41, 5.74) is 5.42. The van der Waals surface area contributed by atoms with Crippen LogP contribution in [0.15, 0.2) is 60.8 Å². The van der Waals surface area contributed by atoms with Crippen molar-refractivity contribution in [1.29, 1.82) is 0 Å². The van der Waals surface area contributed by atoms with E-state index >= 15 is 0 Å². The van der Waals surface area contributed by atoms with Crippen molar-refractivity contribution in [2.24, 2.45) is 0 Å². The lowest BCUT2D eigenvalue weighted by Gasteiger charge is -2.35. The number of aromatic nitrogens is 3. The Hall–Kier alpha value is -3.62. The summed E-state index contributed by atoms with van der Waals surface area (Å²) in [6, 6.07) is 16.6. The third-order valence-electron chi connectivity index (χ3n) is 6.51. The van der Waals surface area contributed by atoms with Crippen molar-refractivity contribution in [3.05, 3.63) is 89.1 Å². The average molecular weight is 474 g/mol. The van der Waals surface area contributed by atoms with Gasteiger partial charge in [-0.2, -0.15) is 5.10 Å². The predicted octanol–water partition coefficient (Wildman–Crippen LogP) is 3.95. The highest BCUT2D eigenvalue weighted by Crippen LogP contribution is 2.29. The van der Waals surface area contributed by atoms with Crippen LogP contribution < -0.4 is 0 Å². The number of methoxy groups -OCH3 is 1. The molecular formula is C27H28FN5O2. The number of benzene rings is 2. The third kappa shape index (κ3) is 4.67. The summed E-state index contributed by atoms with van der Waals surface area (Å²) in [6.07, 6.45) is 1.63. The van der Waals surface area contributed by atoms with Crippen LogP contribution in [-0.4, -0.2) is 63.6 Å². The smallest absolute Gasteiger partial charge is 0.257 e. The van der Waals surface area contributed by atoms with Crippen molar-refractivity contribution in [2.75, 3.05) is 33.3 Å². The van der Waals surface area contributed by atoms with Crippen molar-refractivity contribution >= 4 is 11.6 Å². The molecule has 0 bridgehead atoms. The summed E-state index contributed by atoms with van der Waals surface area (Å²) in [4.78, 5) is 22.3. The first-order valence-electron chi connectivity index (χ1n) is 11.7. The zero-order valence-electron chi connectivity index (χ0n) is 19.9. The molecule has 0 aliphatic carbocycles. The van der Waals surface area contributed by atoms with Crippen LogP contribution in [0.2, 0.25) is 0 Å². The quantitative estimate of drug-likeness (QED) is 0.424. The highest BCUT2D eigenvalue weighted by atomic mass is 19.1. The number of carbonyl (C=O) groups excluding carboxylic acids is 1. The molecule has 7 nitrogen and oxygen atoms in total. The maximum atomic E-state index is 13.5. The Labute approximate surface area is 203 Å². The molecule has 1 saturated heterocycles. The average Bonchev–Trinajstić information content (AvgIpc) is 3.25. The molecule has 3 heterocycles. The summed E-state index contributed by atoms with van der Waals surface area (Å²) < 4.78 is 20.6. The van der Waals surface area contributed by atoms with Crippen LogP contribution in [-0.2, 0) is 17.9 Å². The highest BCUT2D eigenvalue weighted by molar-refractivity contribution is 5.95. The Morgan fingerprint density at radius 3 is 2.43 bits per heavy atom. The van der Waals surface area contributed by atoms with Crippen molar-refractivity contribution in [1.82, 2.24) is 24.4 Å². The SMILES string of the molecule is COCc1nn2c(C)c(C(=O)N3CCN(Cc4ccccc4)CC3)cnc2c1-c1ccc(F)cc1. The molecule has 1 aliphatic rings. The van der Waals surface area contributed by atoms with Crippen LogP contribution in [0.5, 0.6) is 0 Å².